The molecule has 0 radical (unpaired) electrons. The van der Waals surface area contributed by atoms with Crippen LogP contribution in [0.25, 0.3) is 5.76 Å². The van der Waals surface area contributed by atoms with Crippen molar-refractivity contribution in [3.8, 4) is 5.75 Å². The molecule has 0 spiro atoms. The maximum Gasteiger partial charge on any atom is 0.296 e. The molecule has 1 unspecified atom stereocenters. The van der Waals surface area contributed by atoms with Crippen LogP contribution < -0.4 is 4.74 Å². The van der Waals surface area contributed by atoms with E-state index >= 15 is 0 Å². The third-order valence-electron chi connectivity index (χ3n) is 5.57. The van der Waals surface area contributed by atoms with Crippen molar-refractivity contribution < 1.29 is 23.8 Å². The molecule has 1 N–H and O–H groups in total. The number of nitrogens with zero attached hydrogens (tertiary/aromatic N) is 1. The van der Waals surface area contributed by atoms with Crippen molar-refractivity contribution >= 4 is 17.4 Å². The number of rotatable bonds is 7. The van der Waals surface area contributed by atoms with Crippen LogP contribution in [0.4, 0.5) is 0 Å². The van der Waals surface area contributed by atoms with Crippen LogP contribution in [-0.4, -0.2) is 28.3 Å². The van der Waals surface area contributed by atoms with Gasteiger partial charge in [0.25, 0.3) is 11.7 Å². The smallest absolute Gasteiger partial charge is 0.296 e. The number of Topliss-reactive ketones (excluding diaryl/α,β-unsaturated/α-hetero) is 1. The van der Waals surface area contributed by atoms with Crippen molar-refractivity contribution in [1.29, 1.82) is 0 Å². The van der Waals surface area contributed by atoms with Gasteiger partial charge in [-0.05, 0) is 48.7 Å². The summed E-state index contributed by atoms with van der Waals surface area (Å²) in [6.07, 6.45) is 2.38. The van der Waals surface area contributed by atoms with E-state index in [1.54, 1.807) is 30.3 Å². The zero-order valence-corrected chi connectivity index (χ0v) is 18.1. The topological polar surface area (TPSA) is 80.0 Å². The van der Waals surface area contributed by atoms with E-state index < -0.39 is 17.7 Å². The Balaban J connectivity index is 1.84. The van der Waals surface area contributed by atoms with Gasteiger partial charge in [-0.25, -0.2) is 0 Å². The van der Waals surface area contributed by atoms with Gasteiger partial charge in [-0.15, -0.1) is 0 Å². The number of furan rings is 1. The summed E-state index contributed by atoms with van der Waals surface area (Å²) in [5, 5.41) is 11.1. The molecule has 6 heteroatoms. The standard InChI is InChI=1S/C26H25NO5/c1-3-17-10-12-18(13-11-17)24(28)22-23(19-7-5-8-20(15-19)31-4-2)27(26(30)25(22)29)16-21-9-6-14-32-21/h5-15,23,28H,3-4,16H2,1-2H3/b24-22-. The number of ketones is 1. The molecule has 0 bridgehead atoms. The number of carbonyl (C=O) groups excluding carboxylic acids is 2. The van der Waals surface area contributed by atoms with Crippen LogP contribution in [0.15, 0.2) is 76.9 Å². The first kappa shape index (κ1) is 21.4. The van der Waals surface area contributed by atoms with Gasteiger partial charge in [0.05, 0.1) is 31.0 Å². The summed E-state index contributed by atoms with van der Waals surface area (Å²) in [7, 11) is 0. The highest BCUT2D eigenvalue weighted by Crippen LogP contribution is 2.41. The largest absolute Gasteiger partial charge is 0.507 e. The number of aryl methyl sites for hydroxylation is 1. The van der Waals surface area contributed by atoms with E-state index in [2.05, 4.69) is 0 Å². The maximum atomic E-state index is 13.1. The molecule has 2 heterocycles. The molecule has 0 aliphatic carbocycles. The molecule has 0 saturated carbocycles. The first-order chi connectivity index (χ1) is 15.5. The fraction of sp³-hybridized carbons (Fsp3) is 0.231. The maximum absolute atomic E-state index is 13.1. The summed E-state index contributed by atoms with van der Waals surface area (Å²) in [5.41, 5.74) is 2.33. The van der Waals surface area contributed by atoms with Crippen molar-refractivity contribution in [2.24, 2.45) is 0 Å². The zero-order chi connectivity index (χ0) is 22.7. The summed E-state index contributed by atoms with van der Waals surface area (Å²) in [6.45, 7) is 4.52. The SMILES string of the molecule is CCOc1cccc(C2/C(=C(/O)c3ccc(CC)cc3)C(=O)C(=O)N2Cc2ccco2)c1. The highest BCUT2D eigenvalue weighted by molar-refractivity contribution is 6.46. The Morgan fingerprint density at radius 1 is 1.06 bits per heavy atom. The summed E-state index contributed by atoms with van der Waals surface area (Å²) in [4.78, 5) is 27.6. The lowest BCUT2D eigenvalue weighted by molar-refractivity contribution is -0.140. The number of aliphatic hydroxyl groups is 1. The Morgan fingerprint density at radius 2 is 1.84 bits per heavy atom. The number of aliphatic hydroxyl groups excluding tert-OH is 1. The van der Waals surface area contributed by atoms with Crippen LogP contribution in [0.2, 0.25) is 0 Å². The summed E-state index contributed by atoms with van der Waals surface area (Å²) in [5.74, 6) is -0.425. The predicted octanol–water partition coefficient (Wildman–Crippen LogP) is 4.86. The van der Waals surface area contributed by atoms with Gasteiger partial charge in [0.1, 0.15) is 17.3 Å². The second-order valence-electron chi connectivity index (χ2n) is 7.56. The molecule has 32 heavy (non-hydrogen) atoms. The quantitative estimate of drug-likeness (QED) is 0.328. The molecule has 1 amide bonds. The molecule has 164 valence electrons. The van der Waals surface area contributed by atoms with E-state index in [1.807, 2.05) is 44.2 Å². The van der Waals surface area contributed by atoms with Crippen molar-refractivity contribution in [2.45, 2.75) is 32.9 Å². The van der Waals surface area contributed by atoms with Crippen molar-refractivity contribution in [1.82, 2.24) is 4.90 Å². The fourth-order valence-corrected chi connectivity index (χ4v) is 3.95. The highest BCUT2D eigenvalue weighted by Gasteiger charge is 2.46. The monoisotopic (exact) mass is 431 g/mol. The molecule has 6 nitrogen and oxygen atoms in total. The zero-order valence-electron chi connectivity index (χ0n) is 18.1. The molecule has 1 saturated heterocycles. The molecule has 1 aliphatic rings. The van der Waals surface area contributed by atoms with Gasteiger partial charge < -0.3 is 19.2 Å². The van der Waals surface area contributed by atoms with Crippen molar-refractivity contribution in [3.05, 3.63) is 95.0 Å². The minimum atomic E-state index is -0.772. The minimum Gasteiger partial charge on any atom is -0.507 e. The highest BCUT2D eigenvalue weighted by atomic mass is 16.5. The Morgan fingerprint density at radius 3 is 2.50 bits per heavy atom. The van der Waals surface area contributed by atoms with Gasteiger partial charge in [-0.3, -0.25) is 9.59 Å². The molecule has 3 aromatic rings. The summed E-state index contributed by atoms with van der Waals surface area (Å²) >= 11 is 0. The van der Waals surface area contributed by atoms with E-state index in [9.17, 15) is 14.7 Å². The first-order valence-corrected chi connectivity index (χ1v) is 10.7. The van der Waals surface area contributed by atoms with Crippen molar-refractivity contribution in [2.75, 3.05) is 6.61 Å². The lowest BCUT2D eigenvalue weighted by Crippen LogP contribution is -2.29. The Labute approximate surface area is 186 Å². The average Bonchev–Trinajstić information content (AvgIpc) is 3.41. The average molecular weight is 431 g/mol. The van der Waals surface area contributed by atoms with Crippen molar-refractivity contribution in [3.63, 3.8) is 0 Å². The van der Waals surface area contributed by atoms with E-state index in [0.717, 1.165) is 12.0 Å². The summed E-state index contributed by atoms with van der Waals surface area (Å²) in [6, 6.07) is 17.3. The number of hydrogen-bond donors (Lipinski definition) is 1. The van der Waals surface area contributed by atoms with Crippen LogP contribution in [0.3, 0.4) is 0 Å². The Bertz CT molecular complexity index is 1150. The van der Waals surface area contributed by atoms with Gasteiger partial charge in [-0.2, -0.15) is 0 Å². The molecule has 4 rings (SSSR count). The van der Waals surface area contributed by atoms with Gasteiger partial charge >= 0.3 is 0 Å². The fourth-order valence-electron chi connectivity index (χ4n) is 3.95. The number of ether oxygens (including phenoxy) is 1. The van der Waals surface area contributed by atoms with E-state index in [0.29, 0.717) is 29.2 Å². The van der Waals surface area contributed by atoms with E-state index in [4.69, 9.17) is 9.15 Å². The number of benzene rings is 2. The normalized spacial score (nSPS) is 17.7. The number of amides is 1. The third kappa shape index (κ3) is 4.04. The molecule has 2 aromatic carbocycles. The lowest BCUT2D eigenvalue weighted by Gasteiger charge is -2.25. The van der Waals surface area contributed by atoms with Gasteiger partial charge in [0.2, 0.25) is 0 Å². The minimum absolute atomic E-state index is 0.0550. The van der Waals surface area contributed by atoms with Gasteiger partial charge in [0.15, 0.2) is 0 Å². The first-order valence-electron chi connectivity index (χ1n) is 10.7. The van der Waals surface area contributed by atoms with Gasteiger partial charge in [0, 0.05) is 5.56 Å². The van der Waals surface area contributed by atoms with Crippen LogP contribution >= 0.6 is 0 Å². The molecule has 1 aliphatic heterocycles. The molecule has 1 atom stereocenters. The van der Waals surface area contributed by atoms with Crippen LogP contribution in [0.5, 0.6) is 5.75 Å². The number of carbonyl (C=O) groups is 2. The molecule has 1 aromatic heterocycles. The van der Waals surface area contributed by atoms with Gasteiger partial charge in [-0.1, -0.05) is 43.3 Å². The predicted molar refractivity (Wildman–Crippen MR) is 120 cm³/mol. The lowest BCUT2D eigenvalue weighted by atomic mass is 9.94. The second kappa shape index (κ2) is 9.14. The van der Waals surface area contributed by atoms with Crippen LogP contribution in [0, 0.1) is 0 Å². The van der Waals surface area contributed by atoms with Crippen LogP contribution in [0.1, 0.15) is 42.3 Å². The van der Waals surface area contributed by atoms with Crippen LogP contribution in [-0.2, 0) is 22.6 Å². The van der Waals surface area contributed by atoms with E-state index in [1.165, 1.54) is 11.2 Å². The second-order valence-corrected chi connectivity index (χ2v) is 7.56. The number of hydrogen-bond acceptors (Lipinski definition) is 5. The Hall–Kier alpha value is -3.80. The molecule has 1 fully saturated rings. The molecular formula is C26H25NO5. The molecular weight excluding hydrogens is 406 g/mol. The van der Waals surface area contributed by atoms with E-state index in [-0.39, 0.29) is 17.9 Å². The Kier molecular flexibility index (Phi) is 6.12. The summed E-state index contributed by atoms with van der Waals surface area (Å²) < 4.78 is 11.0. The third-order valence-corrected chi connectivity index (χ3v) is 5.57. The number of likely N-dealkylation sites (tertiary alicyclic amines) is 1.